The largest absolute Gasteiger partial charge is 0.361 e. The van der Waals surface area contributed by atoms with Crippen LogP contribution in [0.2, 0.25) is 5.02 Å². The highest BCUT2D eigenvalue weighted by Crippen LogP contribution is 2.21. The van der Waals surface area contributed by atoms with Crippen LogP contribution in [0, 0.1) is 0 Å². The van der Waals surface area contributed by atoms with Gasteiger partial charge in [-0.15, -0.1) is 0 Å². The Morgan fingerprint density at radius 2 is 2.25 bits per heavy atom. The molecular weight excluding hydrogens is 220 g/mol. The van der Waals surface area contributed by atoms with Gasteiger partial charge < -0.3 is 10.3 Å². The first-order chi connectivity index (χ1) is 7.81. The van der Waals surface area contributed by atoms with E-state index in [0.717, 1.165) is 23.6 Å². The number of H-pyrrole nitrogens is 1. The summed E-state index contributed by atoms with van der Waals surface area (Å²) in [4.78, 5) is 3.25. The van der Waals surface area contributed by atoms with Crippen molar-refractivity contribution < 1.29 is 0 Å². The standard InChI is InChI=1S/C13H17ClN2/c1-2-3-6-15-8-10-9-16-13-7-11(14)4-5-12(10)13/h4-5,7,9,15-16H,2-3,6,8H2,1H3. The molecule has 0 saturated carbocycles. The molecule has 1 aromatic carbocycles. The third-order valence-electron chi connectivity index (χ3n) is 2.75. The Balaban J connectivity index is 2.07. The molecule has 1 heterocycles. The van der Waals surface area contributed by atoms with Crippen molar-refractivity contribution in [1.29, 1.82) is 0 Å². The Hall–Kier alpha value is -0.990. The quantitative estimate of drug-likeness (QED) is 0.761. The van der Waals surface area contributed by atoms with E-state index in [1.807, 2.05) is 12.1 Å². The second-order valence-corrected chi connectivity index (χ2v) is 4.47. The second-order valence-electron chi connectivity index (χ2n) is 4.03. The van der Waals surface area contributed by atoms with Crippen LogP contribution in [0.15, 0.2) is 24.4 Å². The minimum Gasteiger partial charge on any atom is -0.361 e. The van der Waals surface area contributed by atoms with Gasteiger partial charge in [-0.25, -0.2) is 0 Å². The molecule has 0 aliphatic carbocycles. The molecule has 0 aliphatic rings. The van der Waals surface area contributed by atoms with Crippen LogP contribution in [0.5, 0.6) is 0 Å². The predicted molar refractivity (Wildman–Crippen MR) is 69.9 cm³/mol. The van der Waals surface area contributed by atoms with E-state index >= 15 is 0 Å². The van der Waals surface area contributed by atoms with Crippen LogP contribution in [-0.4, -0.2) is 11.5 Å². The van der Waals surface area contributed by atoms with Gasteiger partial charge in [-0.1, -0.05) is 31.0 Å². The minimum atomic E-state index is 0.778. The van der Waals surface area contributed by atoms with Crippen LogP contribution >= 0.6 is 11.6 Å². The lowest BCUT2D eigenvalue weighted by Crippen LogP contribution is -2.13. The molecule has 0 fully saturated rings. The molecule has 0 saturated heterocycles. The molecule has 2 rings (SSSR count). The lowest BCUT2D eigenvalue weighted by molar-refractivity contribution is 0.643. The van der Waals surface area contributed by atoms with E-state index in [4.69, 9.17) is 11.6 Å². The summed E-state index contributed by atoms with van der Waals surface area (Å²) in [6, 6.07) is 5.98. The minimum absolute atomic E-state index is 0.778. The van der Waals surface area contributed by atoms with Crippen molar-refractivity contribution in [3.8, 4) is 0 Å². The van der Waals surface area contributed by atoms with E-state index < -0.39 is 0 Å². The monoisotopic (exact) mass is 236 g/mol. The molecular formula is C13H17ClN2. The van der Waals surface area contributed by atoms with Crippen molar-refractivity contribution in [3.63, 3.8) is 0 Å². The molecule has 2 nitrogen and oxygen atoms in total. The SMILES string of the molecule is CCCCNCc1c[nH]c2cc(Cl)ccc12. The van der Waals surface area contributed by atoms with Gasteiger partial charge >= 0.3 is 0 Å². The highest BCUT2D eigenvalue weighted by atomic mass is 35.5. The first-order valence-corrected chi connectivity index (χ1v) is 6.15. The van der Waals surface area contributed by atoms with Gasteiger partial charge in [0.25, 0.3) is 0 Å². The molecule has 2 N–H and O–H groups in total. The number of fused-ring (bicyclic) bond motifs is 1. The summed E-state index contributed by atoms with van der Waals surface area (Å²) < 4.78 is 0. The summed E-state index contributed by atoms with van der Waals surface area (Å²) >= 11 is 5.94. The number of benzene rings is 1. The number of aromatic nitrogens is 1. The molecule has 0 amide bonds. The van der Waals surface area contributed by atoms with E-state index in [1.165, 1.54) is 23.8 Å². The molecule has 0 bridgehead atoms. The van der Waals surface area contributed by atoms with E-state index in [1.54, 1.807) is 0 Å². The van der Waals surface area contributed by atoms with Crippen LogP contribution in [-0.2, 0) is 6.54 Å². The highest BCUT2D eigenvalue weighted by Gasteiger charge is 2.03. The number of aromatic amines is 1. The lowest BCUT2D eigenvalue weighted by atomic mass is 10.2. The van der Waals surface area contributed by atoms with Gasteiger partial charge in [0.05, 0.1) is 0 Å². The zero-order valence-corrected chi connectivity index (χ0v) is 10.3. The number of halogens is 1. The molecule has 16 heavy (non-hydrogen) atoms. The topological polar surface area (TPSA) is 27.8 Å². The Morgan fingerprint density at radius 1 is 1.38 bits per heavy atom. The van der Waals surface area contributed by atoms with Gasteiger partial charge in [0.15, 0.2) is 0 Å². The molecule has 2 aromatic rings. The molecule has 0 atom stereocenters. The van der Waals surface area contributed by atoms with Crippen molar-refractivity contribution in [3.05, 3.63) is 35.0 Å². The van der Waals surface area contributed by atoms with Crippen LogP contribution in [0.1, 0.15) is 25.3 Å². The van der Waals surface area contributed by atoms with Crippen molar-refractivity contribution >= 4 is 22.5 Å². The third kappa shape index (κ3) is 2.57. The average Bonchev–Trinajstić information content (AvgIpc) is 2.67. The van der Waals surface area contributed by atoms with Crippen molar-refractivity contribution in [2.24, 2.45) is 0 Å². The Morgan fingerprint density at radius 3 is 3.06 bits per heavy atom. The van der Waals surface area contributed by atoms with Gasteiger partial charge in [-0.2, -0.15) is 0 Å². The molecule has 1 aromatic heterocycles. The molecule has 0 radical (unpaired) electrons. The number of nitrogens with one attached hydrogen (secondary N) is 2. The van der Waals surface area contributed by atoms with Gasteiger partial charge in [0, 0.05) is 28.7 Å². The molecule has 0 spiro atoms. The first-order valence-electron chi connectivity index (χ1n) is 5.77. The van der Waals surface area contributed by atoms with Crippen LogP contribution in [0.25, 0.3) is 10.9 Å². The summed E-state index contributed by atoms with van der Waals surface area (Å²) in [5.41, 5.74) is 2.42. The number of hydrogen-bond donors (Lipinski definition) is 2. The Labute approximate surface area is 101 Å². The predicted octanol–water partition coefficient (Wildman–Crippen LogP) is 3.71. The molecule has 3 heteroatoms. The summed E-state index contributed by atoms with van der Waals surface area (Å²) in [5.74, 6) is 0. The van der Waals surface area contributed by atoms with E-state index in [-0.39, 0.29) is 0 Å². The lowest BCUT2D eigenvalue weighted by Gasteiger charge is -2.02. The zero-order valence-electron chi connectivity index (χ0n) is 9.52. The van der Waals surface area contributed by atoms with Gasteiger partial charge in [-0.3, -0.25) is 0 Å². The van der Waals surface area contributed by atoms with Gasteiger partial charge in [0.2, 0.25) is 0 Å². The number of unbranched alkanes of at least 4 members (excludes halogenated alkanes) is 1. The smallest absolute Gasteiger partial charge is 0.0472 e. The maximum Gasteiger partial charge on any atom is 0.0472 e. The fourth-order valence-corrected chi connectivity index (χ4v) is 2.00. The summed E-state index contributed by atoms with van der Waals surface area (Å²) in [7, 11) is 0. The average molecular weight is 237 g/mol. The fraction of sp³-hybridized carbons (Fsp3) is 0.385. The van der Waals surface area contributed by atoms with Crippen LogP contribution in [0.3, 0.4) is 0 Å². The van der Waals surface area contributed by atoms with Crippen molar-refractivity contribution in [2.75, 3.05) is 6.54 Å². The third-order valence-corrected chi connectivity index (χ3v) is 2.99. The Kier molecular flexibility index (Phi) is 3.86. The number of hydrogen-bond acceptors (Lipinski definition) is 1. The zero-order chi connectivity index (χ0) is 11.4. The van der Waals surface area contributed by atoms with Crippen molar-refractivity contribution in [1.82, 2.24) is 10.3 Å². The van der Waals surface area contributed by atoms with Gasteiger partial charge in [-0.05, 0) is 30.7 Å². The molecule has 0 aliphatic heterocycles. The number of rotatable bonds is 5. The van der Waals surface area contributed by atoms with Crippen molar-refractivity contribution in [2.45, 2.75) is 26.3 Å². The first kappa shape index (κ1) is 11.5. The Bertz CT molecular complexity index is 462. The normalized spacial score (nSPS) is 11.1. The maximum atomic E-state index is 5.94. The second kappa shape index (κ2) is 5.37. The highest BCUT2D eigenvalue weighted by molar-refractivity contribution is 6.31. The maximum absolute atomic E-state index is 5.94. The fourth-order valence-electron chi connectivity index (χ4n) is 1.83. The van der Waals surface area contributed by atoms with Crippen LogP contribution < -0.4 is 5.32 Å². The van der Waals surface area contributed by atoms with Gasteiger partial charge in [0.1, 0.15) is 0 Å². The van der Waals surface area contributed by atoms with Crippen LogP contribution in [0.4, 0.5) is 0 Å². The van der Waals surface area contributed by atoms with E-state index in [2.05, 4.69) is 29.5 Å². The summed E-state index contributed by atoms with van der Waals surface area (Å²) in [6.07, 6.45) is 4.52. The summed E-state index contributed by atoms with van der Waals surface area (Å²) in [5, 5.41) is 5.48. The van der Waals surface area contributed by atoms with E-state index in [9.17, 15) is 0 Å². The molecule has 0 unspecified atom stereocenters. The van der Waals surface area contributed by atoms with E-state index in [0.29, 0.717) is 0 Å². The summed E-state index contributed by atoms with van der Waals surface area (Å²) in [6.45, 7) is 4.20. The molecule has 86 valence electrons.